The third-order valence-corrected chi connectivity index (χ3v) is 6.79. The molecule has 9 heteroatoms. The lowest BCUT2D eigenvalue weighted by Crippen LogP contribution is -2.24. The van der Waals surface area contributed by atoms with Crippen LogP contribution >= 0.6 is 11.8 Å². The molecule has 0 saturated heterocycles. The van der Waals surface area contributed by atoms with Gasteiger partial charge in [0.1, 0.15) is 12.4 Å². The zero-order chi connectivity index (χ0) is 22.9. The van der Waals surface area contributed by atoms with Crippen LogP contribution in [0.5, 0.6) is 11.5 Å². The van der Waals surface area contributed by atoms with E-state index in [0.717, 1.165) is 28.5 Å². The minimum Gasteiger partial charge on any atom is -0.485 e. The van der Waals surface area contributed by atoms with Crippen molar-refractivity contribution in [2.75, 3.05) is 12.4 Å². The smallest absolute Gasteiger partial charge is 0.192 e. The molecule has 1 unspecified atom stereocenters. The Hall–Kier alpha value is -3.46. The van der Waals surface area contributed by atoms with Crippen LogP contribution in [0.4, 0.5) is 0 Å². The highest BCUT2D eigenvalue weighted by Gasteiger charge is 2.28. The lowest BCUT2D eigenvalue weighted by atomic mass is 10.2. The van der Waals surface area contributed by atoms with E-state index in [1.54, 1.807) is 6.26 Å². The molecule has 3 aromatic heterocycles. The van der Waals surface area contributed by atoms with Crippen LogP contribution in [0.25, 0.3) is 0 Å². The third-order valence-electron chi connectivity index (χ3n) is 5.77. The zero-order valence-corrected chi connectivity index (χ0v) is 19.5. The van der Waals surface area contributed by atoms with E-state index in [1.165, 1.54) is 11.8 Å². The van der Waals surface area contributed by atoms with E-state index in [-0.39, 0.29) is 17.6 Å². The average Bonchev–Trinajstić information content (AvgIpc) is 3.54. The van der Waals surface area contributed by atoms with Gasteiger partial charge in [-0.05, 0) is 44.2 Å². The van der Waals surface area contributed by atoms with Crippen molar-refractivity contribution in [3.8, 4) is 11.5 Å². The Morgan fingerprint density at radius 2 is 1.97 bits per heavy atom. The molecule has 0 bridgehead atoms. The van der Waals surface area contributed by atoms with E-state index in [9.17, 15) is 4.79 Å². The maximum Gasteiger partial charge on any atom is 0.192 e. The van der Waals surface area contributed by atoms with E-state index in [0.29, 0.717) is 29.9 Å². The van der Waals surface area contributed by atoms with E-state index in [2.05, 4.69) is 14.8 Å². The highest BCUT2D eigenvalue weighted by atomic mass is 32.2. The van der Waals surface area contributed by atoms with Crippen LogP contribution in [0.1, 0.15) is 39.4 Å². The lowest BCUT2D eigenvalue weighted by Gasteiger charge is -2.25. The number of Topliss-reactive ketones (excluding diaryl/α,β-unsaturated/α-hetero) is 1. The molecular formula is C24H24N4O4S. The van der Waals surface area contributed by atoms with Gasteiger partial charge >= 0.3 is 0 Å². The second kappa shape index (κ2) is 8.82. The van der Waals surface area contributed by atoms with E-state index < -0.39 is 0 Å². The third kappa shape index (κ3) is 4.16. The molecule has 0 amide bonds. The van der Waals surface area contributed by atoms with Crippen molar-refractivity contribution in [3.05, 3.63) is 77.3 Å². The van der Waals surface area contributed by atoms with Crippen LogP contribution in [0.3, 0.4) is 0 Å². The molecule has 1 atom stereocenters. The SMILES string of the molecule is Cc1cc(C(=O)CSc2nnc(C3COc4ccccc4O3)n2C)c(C)n1Cc1ccco1. The van der Waals surface area contributed by atoms with Gasteiger partial charge in [-0.2, -0.15) is 0 Å². The summed E-state index contributed by atoms with van der Waals surface area (Å²) in [7, 11) is 1.88. The minimum atomic E-state index is -0.358. The molecule has 33 heavy (non-hydrogen) atoms. The molecule has 8 nitrogen and oxygen atoms in total. The van der Waals surface area contributed by atoms with Crippen molar-refractivity contribution in [2.45, 2.75) is 31.7 Å². The van der Waals surface area contributed by atoms with E-state index in [4.69, 9.17) is 13.9 Å². The van der Waals surface area contributed by atoms with Crippen LogP contribution in [-0.4, -0.2) is 37.5 Å². The first-order valence-electron chi connectivity index (χ1n) is 10.6. The summed E-state index contributed by atoms with van der Waals surface area (Å²) >= 11 is 1.37. The van der Waals surface area contributed by atoms with Gasteiger partial charge < -0.3 is 23.0 Å². The van der Waals surface area contributed by atoms with Crippen molar-refractivity contribution in [1.29, 1.82) is 0 Å². The fourth-order valence-corrected chi connectivity index (χ4v) is 4.77. The van der Waals surface area contributed by atoms with Crippen molar-refractivity contribution < 1.29 is 18.7 Å². The van der Waals surface area contributed by atoms with E-state index in [1.807, 2.05) is 67.9 Å². The topological polar surface area (TPSA) is 84.3 Å². The van der Waals surface area contributed by atoms with Crippen LogP contribution < -0.4 is 9.47 Å². The molecule has 4 aromatic rings. The molecule has 1 aliphatic rings. The van der Waals surface area contributed by atoms with Gasteiger partial charge in [-0.15, -0.1) is 10.2 Å². The van der Waals surface area contributed by atoms with Gasteiger partial charge in [0.05, 0.1) is 18.6 Å². The second-order valence-corrected chi connectivity index (χ2v) is 8.87. The van der Waals surface area contributed by atoms with Crippen molar-refractivity contribution in [2.24, 2.45) is 7.05 Å². The number of fused-ring (bicyclic) bond motifs is 1. The number of carbonyl (C=O) groups is 1. The molecule has 0 fully saturated rings. The molecule has 1 aliphatic heterocycles. The molecular weight excluding hydrogens is 440 g/mol. The van der Waals surface area contributed by atoms with E-state index >= 15 is 0 Å². The summed E-state index contributed by atoms with van der Waals surface area (Å²) in [6, 6.07) is 13.3. The number of thioether (sulfide) groups is 1. The largest absolute Gasteiger partial charge is 0.485 e. The number of ketones is 1. The van der Waals surface area contributed by atoms with Gasteiger partial charge in [0.2, 0.25) is 0 Å². The first-order valence-corrected chi connectivity index (χ1v) is 11.6. The van der Waals surface area contributed by atoms with Gasteiger partial charge in [-0.1, -0.05) is 23.9 Å². The summed E-state index contributed by atoms with van der Waals surface area (Å²) in [5, 5.41) is 9.24. The predicted octanol–water partition coefficient (Wildman–Crippen LogP) is 4.36. The minimum absolute atomic E-state index is 0.0505. The number of hydrogen-bond acceptors (Lipinski definition) is 7. The lowest BCUT2D eigenvalue weighted by molar-refractivity contribution is 0.0825. The Labute approximate surface area is 195 Å². The number of aryl methyl sites for hydroxylation is 1. The van der Waals surface area contributed by atoms with Crippen molar-refractivity contribution >= 4 is 17.5 Å². The Bertz CT molecular complexity index is 1290. The molecule has 5 rings (SSSR count). The molecule has 0 radical (unpaired) electrons. The molecule has 0 saturated carbocycles. The monoisotopic (exact) mass is 464 g/mol. The quantitative estimate of drug-likeness (QED) is 0.297. The first-order chi connectivity index (χ1) is 16.0. The zero-order valence-electron chi connectivity index (χ0n) is 18.6. The van der Waals surface area contributed by atoms with Gasteiger partial charge in [-0.25, -0.2) is 0 Å². The Morgan fingerprint density at radius 1 is 1.15 bits per heavy atom. The highest BCUT2D eigenvalue weighted by molar-refractivity contribution is 7.99. The maximum atomic E-state index is 13.0. The molecule has 0 spiro atoms. The number of carbonyl (C=O) groups excluding carboxylic acids is 1. The molecule has 0 N–H and O–H groups in total. The number of para-hydroxylation sites is 2. The fraction of sp³-hybridized carbons (Fsp3) is 0.292. The number of aromatic nitrogens is 4. The maximum absolute atomic E-state index is 13.0. The standard InChI is InChI=1S/C24H24N4O4S/c1-15-11-18(16(2)28(15)12-17-7-6-10-30-17)19(29)14-33-24-26-25-23(27(24)3)22-13-31-20-8-4-5-9-21(20)32-22/h4-11,22H,12-14H2,1-3H3. The summed E-state index contributed by atoms with van der Waals surface area (Å²) in [5.41, 5.74) is 2.67. The van der Waals surface area contributed by atoms with Crippen LogP contribution in [0, 0.1) is 13.8 Å². The highest BCUT2D eigenvalue weighted by Crippen LogP contribution is 2.35. The van der Waals surface area contributed by atoms with Crippen molar-refractivity contribution in [1.82, 2.24) is 19.3 Å². The normalized spacial score (nSPS) is 15.1. The predicted molar refractivity (Wildman–Crippen MR) is 123 cm³/mol. The Balaban J connectivity index is 1.26. The molecule has 1 aromatic carbocycles. The number of hydrogen-bond donors (Lipinski definition) is 0. The number of benzene rings is 1. The summed E-state index contributed by atoms with van der Waals surface area (Å²) in [6.45, 7) is 4.92. The number of ether oxygens (including phenoxy) is 2. The van der Waals surface area contributed by atoms with Gasteiger partial charge in [0.25, 0.3) is 0 Å². The Kier molecular flexibility index (Phi) is 5.72. The molecule has 170 valence electrons. The average molecular weight is 465 g/mol. The second-order valence-electron chi connectivity index (χ2n) is 7.93. The first kappa shape index (κ1) is 21.4. The summed E-state index contributed by atoms with van der Waals surface area (Å²) in [5.74, 6) is 3.24. The van der Waals surface area contributed by atoms with Crippen LogP contribution in [0.2, 0.25) is 0 Å². The van der Waals surface area contributed by atoms with Crippen LogP contribution in [0.15, 0.2) is 58.3 Å². The van der Waals surface area contributed by atoms with Gasteiger partial charge in [-0.3, -0.25) is 4.79 Å². The number of rotatable bonds is 7. The number of furan rings is 1. The summed E-state index contributed by atoms with van der Waals surface area (Å²) in [4.78, 5) is 13.0. The van der Waals surface area contributed by atoms with Crippen molar-refractivity contribution in [3.63, 3.8) is 0 Å². The summed E-state index contributed by atoms with van der Waals surface area (Å²) in [6.07, 6.45) is 1.30. The van der Waals surface area contributed by atoms with Gasteiger partial charge in [0, 0.05) is 24.0 Å². The number of nitrogens with zero attached hydrogens (tertiary/aromatic N) is 4. The van der Waals surface area contributed by atoms with Crippen LogP contribution in [-0.2, 0) is 13.6 Å². The fourth-order valence-electron chi connectivity index (χ4n) is 3.97. The summed E-state index contributed by atoms with van der Waals surface area (Å²) < 4.78 is 21.3. The molecule has 4 heterocycles. The molecule has 0 aliphatic carbocycles. The van der Waals surface area contributed by atoms with Gasteiger partial charge in [0.15, 0.2) is 34.4 Å². The Morgan fingerprint density at radius 3 is 2.76 bits per heavy atom.